The van der Waals surface area contributed by atoms with Crippen molar-refractivity contribution in [2.24, 2.45) is 0 Å². The van der Waals surface area contributed by atoms with Gasteiger partial charge in [-0.15, -0.1) is 17.8 Å². The van der Waals surface area contributed by atoms with Gasteiger partial charge in [0.1, 0.15) is 0 Å². The summed E-state index contributed by atoms with van der Waals surface area (Å²) >= 11 is 1.37. The van der Waals surface area contributed by atoms with Crippen LogP contribution in [0, 0.1) is 19.3 Å². The molecule has 0 aliphatic carbocycles. The Morgan fingerprint density at radius 1 is 1.39 bits per heavy atom. The van der Waals surface area contributed by atoms with Crippen LogP contribution in [0.15, 0.2) is 42.3 Å². The van der Waals surface area contributed by atoms with Gasteiger partial charge >= 0.3 is 0 Å². The number of pyridine rings is 1. The number of thiazole rings is 1. The van der Waals surface area contributed by atoms with Crippen LogP contribution in [0.1, 0.15) is 16.1 Å². The summed E-state index contributed by atoms with van der Waals surface area (Å²) in [5.74, 6) is 2.29. The molecule has 0 aromatic carbocycles. The van der Waals surface area contributed by atoms with E-state index in [1.807, 2.05) is 19.1 Å². The van der Waals surface area contributed by atoms with Crippen LogP contribution in [0.2, 0.25) is 0 Å². The number of nitrogens with zero attached hydrogens (tertiary/aromatic N) is 5. The van der Waals surface area contributed by atoms with Crippen LogP contribution < -0.4 is 4.90 Å². The third kappa shape index (κ3) is 2.84. The summed E-state index contributed by atoms with van der Waals surface area (Å²) in [4.78, 5) is 22.5. The lowest BCUT2D eigenvalue weighted by molar-refractivity contribution is 0.0989. The molecule has 6 nitrogen and oxygen atoms in total. The Labute approximate surface area is 137 Å². The second-order valence-corrected chi connectivity index (χ2v) is 5.54. The Hall–Kier alpha value is -2.98. The monoisotopic (exact) mass is 323 g/mol. The Morgan fingerprint density at radius 2 is 2.17 bits per heavy atom. The summed E-state index contributed by atoms with van der Waals surface area (Å²) in [7, 11) is 0. The molecule has 0 fully saturated rings. The summed E-state index contributed by atoms with van der Waals surface area (Å²) < 4.78 is 1.70. The number of carbonyl (C=O) groups excluding carboxylic acids is 1. The molecule has 3 aromatic heterocycles. The molecule has 114 valence electrons. The highest BCUT2D eigenvalue weighted by atomic mass is 32.1. The van der Waals surface area contributed by atoms with Gasteiger partial charge in [0.15, 0.2) is 5.13 Å². The molecular weight excluding hydrogens is 310 g/mol. The van der Waals surface area contributed by atoms with E-state index in [1.165, 1.54) is 16.2 Å². The van der Waals surface area contributed by atoms with E-state index in [0.29, 0.717) is 10.7 Å². The molecule has 0 bridgehead atoms. The van der Waals surface area contributed by atoms with Crippen molar-refractivity contribution in [1.82, 2.24) is 19.7 Å². The minimum atomic E-state index is -0.212. The highest BCUT2D eigenvalue weighted by Gasteiger charge is 2.23. The van der Waals surface area contributed by atoms with E-state index in [4.69, 9.17) is 6.42 Å². The molecule has 7 heteroatoms. The second-order valence-electron chi connectivity index (χ2n) is 4.67. The largest absolute Gasteiger partial charge is 0.272 e. The predicted octanol–water partition coefficient (Wildman–Crippen LogP) is 2.31. The average Bonchev–Trinajstić information content (AvgIpc) is 3.22. The number of rotatable bonds is 4. The fourth-order valence-electron chi connectivity index (χ4n) is 2.18. The molecule has 3 rings (SSSR count). The van der Waals surface area contributed by atoms with Crippen molar-refractivity contribution in [3.05, 3.63) is 53.6 Å². The first-order chi connectivity index (χ1) is 11.2. The van der Waals surface area contributed by atoms with Crippen molar-refractivity contribution in [1.29, 1.82) is 0 Å². The Balaban J connectivity index is 1.97. The molecule has 0 radical (unpaired) electrons. The van der Waals surface area contributed by atoms with Gasteiger partial charge in [-0.1, -0.05) is 5.92 Å². The summed E-state index contributed by atoms with van der Waals surface area (Å²) in [5, 5.41) is 6.68. The van der Waals surface area contributed by atoms with Crippen molar-refractivity contribution in [3.8, 4) is 18.0 Å². The highest BCUT2D eigenvalue weighted by Crippen LogP contribution is 2.22. The van der Waals surface area contributed by atoms with Crippen LogP contribution in [0.5, 0.6) is 0 Å². The third-order valence-corrected chi connectivity index (χ3v) is 4.09. The fraction of sp³-hybridized carbons (Fsp3) is 0.125. The maximum Gasteiger partial charge on any atom is 0.264 e. The van der Waals surface area contributed by atoms with Gasteiger partial charge in [-0.05, 0) is 19.1 Å². The van der Waals surface area contributed by atoms with Crippen LogP contribution in [0.25, 0.3) is 5.69 Å². The molecule has 3 aromatic rings. The number of aromatic nitrogens is 4. The number of terminal acetylenes is 1. The first-order valence-electron chi connectivity index (χ1n) is 6.82. The smallest absolute Gasteiger partial charge is 0.264 e. The molecule has 0 atom stereocenters. The zero-order valence-corrected chi connectivity index (χ0v) is 13.2. The van der Waals surface area contributed by atoms with Gasteiger partial charge in [0.05, 0.1) is 29.7 Å². The zero-order chi connectivity index (χ0) is 16.2. The molecule has 0 saturated carbocycles. The summed E-state index contributed by atoms with van der Waals surface area (Å²) in [6, 6.07) is 3.66. The van der Waals surface area contributed by atoms with Gasteiger partial charge in [-0.2, -0.15) is 5.10 Å². The minimum absolute atomic E-state index is 0.159. The third-order valence-electron chi connectivity index (χ3n) is 3.29. The van der Waals surface area contributed by atoms with Gasteiger partial charge in [0, 0.05) is 24.0 Å². The Morgan fingerprint density at radius 3 is 2.83 bits per heavy atom. The topological polar surface area (TPSA) is 63.9 Å². The number of anilines is 1. The summed E-state index contributed by atoms with van der Waals surface area (Å²) in [5.41, 5.74) is 2.07. The maximum absolute atomic E-state index is 12.8. The van der Waals surface area contributed by atoms with Gasteiger partial charge in [-0.25, -0.2) is 9.67 Å². The molecule has 1 amide bonds. The van der Waals surface area contributed by atoms with Gasteiger partial charge in [0.25, 0.3) is 5.91 Å². The first-order valence-corrected chi connectivity index (χ1v) is 7.70. The lowest BCUT2D eigenvalue weighted by Crippen LogP contribution is -2.31. The van der Waals surface area contributed by atoms with E-state index in [0.717, 1.165) is 11.4 Å². The average molecular weight is 323 g/mol. The number of hydrogen-bond acceptors (Lipinski definition) is 5. The Kier molecular flexibility index (Phi) is 4.17. The van der Waals surface area contributed by atoms with E-state index in [2.05, 4.69) is 21.0 Å². The van der Waals surface area contributed by atoms with Crippen molar-refractivity contribution in [3.63, 3.8) is 0 Å². The van der Waals surface area contributed by atoms with Crippen LogP contribution >= 0.6 is 11.3 Å². The summed E-state index contributed by atoms with van der Waals surface area (Å²) in [6.07, 6.45) is 11.9. The molecule has 3 heterocycles. The van der Waals surface area contributed by atoms with E-state index < -0.39 is 0 Å². The van der Waals surface area contributed by atoms with Crippen LogP contribution in [-0.2, 0) is 0 Å². The van der Waals surface area contributed by atoms with Gasteiger partial charge < -0.3 is 0 Å². The second kappa shape index (κ2) is 6.42. The van der Waals surface area contributed by atoms with E-state index in [9.17, 15) is 4.79 Å². The van der Waals surface area contributed by atoms with Crippen molar-refractivity contribution in [2.45, 2.75) is 6.92 Å². The summed E-state index contributed by atoms with van der Waals surface area (Å²) in [6.45, 7) is 2.00. The Bertz CT molecular complexity index is 848. The number of amides is 1. The molecule has 0 aliphatic heterocycles. The standard InChI is InChI=1S/C16H13N5OS/c1-3-9-20(16-18-8-10-23-16)15(22)14-11-19-21(12(14)2)13-4-6-17-7-5-13/h1,4-8,10-11H,9H2,2H3. The van der Waals surface area contributed by atoms with Crippen LogP contribution in [0.3, 0.4) is 0 Å². The lowest BCUT2D eigenvalue weighted by atomic mass is 10.2. The van der Waals surface area contributed by atoms with Crippen LogP contribution in [0.4, 0.5) is 5.13 Å². The maximum atomic E-state index is 12.8. The quantitative estimate of drug-likeness (QED) is 0.691. The van der Waals surface area contributed by atoms with E-state index >= 15 is 0 Å². The van der Waals surface area contributed by atoms with E-state index in [1.54, 1.807) is 34.8 Å². The fourth-order valence-corrected chi connectivity index (χ4v) is 2.82. The van der Waals surface area contributed by atoms with Gasteiger partial charge in [0.2, 0.25) is 0 Å². The predicted molar refractivity (Wildman–Crippen MR) is 88.7 cm³/mol. The molecule has 0 saturated heterocycles. The molecule has 23 heavy (non-hydrogen) atoms. The van der Waals surface area contributed by atoms with Crippen molar-refractivity contribution < 1.29 is 4.79 Å². The molecule has 0 aliphatic rings. The van der Waals surface area contributed by atoms with Crippen molar-refractivity contribution >= 4 is 22.4 Å². The molecular formula is C16H13N5OS. The molecule has 0 unspecified atom stereocenters. The SMILES string of the molecule is C#CCN(C(=O)c1cnn(-c2ccncc2)c1C)c1nccs1. The van der Waals surface area contributed by atoms with E-state index in [-0.39, 0.29) is 12.5 Å². The van der Waals surface area contributed by atoms with Crippen molar-refractivity contribution in [2.75, 3.05) is 11.4 Å². The lowest BCUT2D eigenvalue weighted by Gasteiger charge is -2.16. The number of hydrogen-bond donors (Lipinski definition) is 0. The molecule has 0 N–H and O–H groups in total. The van der Waals surface area contributed by atoms with Crippen LogP contribution in [-0.4, -0.2) is 32.2 Å². The molecule has 0 spiro atoms. The zero-order valence-electron chi connectivity index (χ0n) is 12.4. The minimum Gasteiger partial charge on any atom is -0.272 e. The normalized spacial score (nSPS) is 10.3. The highest BCUT2D eigenvalue weighted by molar-refractivity contribution is 7.13. The van der Waals surface area contributed by atoms with Gasteiger partial charge in [-0.3, -0.25) is 14.7 Å². The number of carbonyl (C=O) groups is 1. The first kappa shape index (κ1) is 14.9.